The molecule has 1 nitrogen and oxygen atoms in total. The lowest BCUT2D eigenvalue weighted by Crippen LogP contribution is -2.27. The lowest BCUT2D eigenvalue weighted by atomic mass is 10.1. The molecule has 5 heteroatoms. The van der Waals surface area contributed by atoms with E-state index in [9.17, 15) is 8.78 Å². The van der Waals surface area contributed by atoms with Crippen molar-refractivity contribution in [3.8, 4) is 0 Å². The molecule has 0 N–H and O–H groups in total. The summed E-state index contributed by atoms with van der Waals surface area (Å²) in [6, 6.07) is 5.09. The third-order valence-electron chi connectivity index (χ3n) is 3.44. The second kappa shape index (κ2) is 5.82. The first kappa shape index (κ1) is 14.0. The first-order chi connectivity index (χ1) is 9.69. The predicted molar refractivity (Wildman–Crippen MR) is 82.5 cm³/mol. The lowest BCUT2D eigenvalue weighted by Gasteiger charge is -2.25. The number of rotatable bonds is 5. The van der Waals surface area contributed by atoms with Crippen LogP contribution in [0.15, 0.2) is 29.0 Å². The average molecular weight is 358 g/mol. The first-order valence-electron chi connectivity index (χ1n) is 6.50. The molecule has 0 saturated heterocycles. The first-order valence-corrected chi connectivity index (χ1v) is 8.57. The van der Waals surface area contributed by atoms with Gasteiger partial charge in [0.15, 0.2) is 0 Å². The van der Waals surface area contributed by atoms with Gasteiger partial charge in [0.2, 0.25) is 0 Å². The van der Waals surface area contributed by atoms with Crippen LogP contribution in [0, 0.1) is 11.6 Å². The van der Waals surface area contributed by atoms with Crippen molar-refractivity contribution in [3.63, 3.8) is 0 Å². The van der Waals surface area contributed by atoms with E-state index in [0.717, 1.165) is 18.4 Å². The number of nitrogens with zero attached hydrogens (tertiary/aromatic N) is 1. The van der Waals surface area contributed by atoms with Gasteiger partial charge in [0, 0.05) is 17.9 Å². The zero-order chi connectivity index (χ0) is 14.1. The molecule has 20 heavy (non-hydrogen) atoms. The largest absolute Gasteiger partial charge is 0.359 e. The minimum absolute atomic E-state index is 0.114. The van der Waals surface area contributed by atoms with Gasteiger partial charge in [-0.15, -0.1) is 0 Å². The second-order valence-electron chi connectivity index (χ2n) is 5.03. The van der Waals surface area contributed by atoms with Gasteiger partial charge in [-0.1, -0.05) is 15.9 Å². The molecule has 0 amide bonds. The van der Waals surface area contributed by atoms with Crippen LogP contribution in [0.4, 0.5) is 14.5 Å². The van der Waals surface area contributed by atoms with Crippen molar-refractivity contribution in [1.82, 2.24) is 0 Å². The van der Waals surface area contributed by atoms with Crippen molar-refractivity contribution in [2.75, 3.05) is 4.90 Å². The third-order valence-corrected chi connectivity index (χ3v) is 4.82. The summed E-state index contributed by atoms with van der Waals surface area (Å²) in [4.78, 5) is 1.87. The summed E-state index contributed by atoms with van der Waals surface area (Å²) >= 11 is 4.83. The molecule has 1 aliphatic carbocycles. The number of anilines is 1. The molecule has 1 aromatic carbocycles. The van der Waals surface area contributed by atoms with Crippen LogP contribution in [0.25, 0.3) is 0 Å². The van der Waals surface area contributed by atoms with Crippen molar-refractivity contribution in [3.05, 3.63) is 51.7 Å². The molecule has 2 aromatic rings. The minimum Gasteiger partial charge on any atom is -0.359 e. The smallest absolute Gasteiger partial charge is 0.149 e. The molecule has 0 bridgehead atoms. The molecule has 0 radical (unpaired) electrons. The Bertz CT molecular complexity index is 573. The van der Waals surface area contributed by atoms with Gasteiger partial charge in [0.05, 0.1) is 0 Å². The summed E-state index contributed by atoms with van der Waals surface area (Å²) in [5.74, 6) is -0.942. The molecule has 0 spiro atoms. The van der Waals surface area contributed by atoms with Crippen molar-refractivity contribution >= 4 is 33.0 Å². The van der Waals surface area contributed by atoms with Crippen LogP contribution in [0.3, 0.4) is 0 Å². The molecule has 0 aliphatic heterocycles. The summed E-state index contributed by atoms with van der Waals surface area (Å²) in [7, 11) is 0. The molecule has 1 aliphatic rings. The van der Waals surface area contributed by atoms with Crippen molar-refractivity contribution < 1.29 is 8.78 Å². The highest BCUT2D eigenvalue weighted by molar-refractivity contribution is 9.08. The van der Waals surface area contributed by atoms with Gasteiger partial charge in [-0.05, 0) is 52.9 Å². The average Bonchev–Trinajstić information content (AvgIpc) is 3.14. The van der Waals surface area contributed by atoms with Crippen LogP contribution < -0.4 is 4.90 Å². The maximum Gasteiger partial charge on any atom is 0.149 e. The fourth-order valence-electron chi connectivity index (χ4n) is 2.33. The van der Waals surface area contributed by atoms with Crippen LogP contribution in [-0.2, 0) is 11.9 Å². The highest BCUT2D eigenvalue weighted by atomic mass is 79.9. The van der Waals surface area contributed by atoms with E-state index in [1.54, 1.807) is 11.3 Å². The molecular formula is C15H14BrF2NS. The Hall–Kier alpha value is -0.940. The molecule has 0 unspecified atom stereocenters. The van der Waals surface area contributed by atoms with Crippen LogP contribution in [0.1, 0.15) is 24.0 Å². The van der Waals surface area contributed by atoms with Gasteiger partial charge >= 0.3 is 0 Å². The van der Waals surface area contributed by atoms with E-state index in [0.29, 0.717) is 17.4 Å². The monoisotopic (exact) mass is 357 g/mol. The molecule has 1 fully saturated rings. The van der Waals surface area contributed by atoms with Crippen molar-refractivity contribution in [2.24, 2.45) is 0 Å². The van der Waals surface area contributed by atoms with E-state index in [1.807, 2.05) is 21.7 Å². The summed E-state index contributed by atoms with van der Waals surface area (Å²) in [6.07, 6.45) is 2.01. The highest BCUT2D eigenvalue weighted by Crippen LogP contribution is 2.36. The zero-order valence-corrected chi connectivity index (χ0v) is 13.2. The maximum atomic E-state index is 14.3. The standard InChI is InChI=1S/C15H14BrF2NS/c16-7-11-5-13(17)15(14(18)6-11)19(12-1-2-12)8-10-3-4-20-9-10/h3-6,9,12H,1-2,7-8H2. The van der Waals surface area contributed by atoms with Gasteiger partial charge < -0.3 is 4.90 Å². The van der Waals surface area contributed by atoms with Gasteiger partial charge in [-0.3, -0.25) is 0 Å². The Morgan fingerprint density at radius 2 is 1.90 bits per heavy atom. The van der Waals surface area contributed by atoms with E-state index < -0.39 is 11.6 Å². The fourth-order valence-corrected chi connectivity index (χ4v) is 3.31. The van der Waals surface area contributed by atoms with Gasteiger partial charge in [0.25, 0.3) is 0 Å². The van der Waals surface area contributed by atoms with E-state index in [4.69, 9.17) is 0 Å². The maximum absolute atomic E-state index is 14.3. The number of benzene rings is 1. The van der Waals surface area contributed by atoms with Crippen molar-refractivity contribution in [1.29, 1.82) is 0 Å². The highest BCUT2D eigenvalue weighted by Gasteiger charge is 2.32. The van der Waals surface area contributed by atoms with Gasteiger partial charge in [-0.2, -0.15) is 11.3 Å². The normalized spacial score (nSPS) is 14.6. The predicted octanol–water partition coefficient (Wildman–Crippen LogP) is 5.09. The summed E-state index contributed by atoms with van der Waals surface area (Å²) in [6.45, 7) is 0.565. The molecule has 3 rings (SSSR count). The number of alkyl halides is 1. The Morgan fingerprint density at radius 1 is 1.20 bits per heavy atom. The number of hydrogen-bond donors (Lipinski definition) is 0. The number of hydrogen-bond acceptors (Lipinski definition) is 2. The second-order valence-corrected chi connectivity index (χ2v) is 6.37. The minimum atomic E-state index is -0.471. The van der Waals surface area contributed by atoms with Gasteiger partial charge in [-0.25, -0.2) is 8.78 Å². The van der Waals surface area contributed by atoms with E-state index in [-0.39, 0.29) is 11.7 Å². The summed E-state index contributed by atoms with van der Waals surface area (Å²) in [5.41, 5.74) is 1.84. The Kier molecular flexibility index (Phi) is 4.08. The summed E-state index contributed by atoms with van der Waals surface area (Å²) < 4.78 is 28.5. The molecule has 1 aromatic heterocycles. The Labute approximate surface area is 129 Å². The lowest BCUT2D eigenvalue weighted by molar-refractivity contribution is 0.566. The number of thiophene rings is 1. The van der Waals surface area contributed by atoms with Crippen LogP contribution in [-0.4, -0.2) is 6.04 Å². The number of halogens is 3. The summed E-state index contributed by atoms with van der Waals surface area (Å²) in [5, 5.41) is 4.47. The van der Waals surface area contributed by atoms with Crippen LogP contribution >= 0.6 is 27.3 Å². The fraction of sp³-hybridized carbons (Fsp3) is 0.333. The Morgan fingerprint density at radius 3 is 2.40 bits per heavy atom. The van der Waals surface area contributed by atoms with E-state index in [2.05, 4.69) is 15.9 Å². The molecular weight excluding hydrogens is 344 g/mol. The quantitative estimate of drug-likeness (QED) is 0.673. The van der Waals surface area contributed by atoms with Crippen LogP contribution in [0.2, 0.25) is 0 Å². The molecule has 1 saturated carbocycles. The molecule has 1 heterocycles. The van der Waals surface area contributed by atoms with E-state index in [1.165, 1.54) is 12.1 Å². The Balaban J connectivity index is 1.95. The molecule has 106 valence electrons. The SMILES string of the molecule is Fc1cc(CBr)cc(F)c1N(Cc1ccsc1)C1CC1. The van der Waals surface area contributed by atoms with E-state index >= 15 is 0 Å². The third kappa shape index (κ3) is 2.88. The topological polar surface area (TPSA) is 3.24 Å². The van der Waals surface area contributed by atoms with Crippen LogP contribution in [0.5, 0.6) is 0 Å². The van der Waals surface area contributed by atoms with Crippen molar-refractivity contribution in [2.45, 2.75) is 30.8 Å². The van der Waals surface area contributed by atoms with Gasteiger partial charge in [0.1, 0.15) is 17.3 Å². The zero-order valence-electron chi connectivity index (χ0n) is 10.8. The molecule has 0 atom stereocenters.